The molecular weight excluding hydrogens is 340 g/mol. The van der Waals surface area contributed by atoms with Crippen LogP contribution in [0.3, 0.4) is 0 Å². The van der Waals surface area contributed by atoms with Gasteiger partial charge in [0.2, 0.25) is 5.91 Å². The fourth-order valence-electron chi connectivity index (χ4n) is 2.93. The van der Waals surface area contributed by atoms with Crippen molar-refractivity contribution in [3.8, 4) is 5.75 Å². The molecule has 27 heavy (non-hydrogen) atoms. The zero-order chi connectivity index (χ0) is 20.0. The predicted molar refractivity (Wildman–Crippen MR) is 107 cm³/mol. The lowest BCUT2D eigenvalue weighted by molar-refractivity contribution is -0.142. The Balaban J connectivity index is 2.14. The number of benzene rings is 2. The van der Waals surface area contributed by atoms with Crippen LogP contribution in [0.4, 0.5) is 0 Å². The third kappa shape index (κ3) is 5.84. The largest absolute Gasteiger partial charge is 0.484 e. The molecule has 1 unspecified atom stereocenters. The van der Waals surface area contributed by atoms with E-state index in [4.69, 9.17) is 4.74 Å². The van der Waals surface area contributed by atoms with Gasteiger partial charge < -0.3 is 15.0 Å². The van der Waals surface area contributed by atoms with Crippen LogP contribution in [0.1, 0.15) is 29.2 Å². The van der Waals surface area contributed by atoms with Crippen LogP contribution in [0.25, 0.3) is 0 Å². The molecule has 2 aromatic carbocycles. The zero-order valence-electron chi connectivity index (χ0n) is 16.7. The van der Waals surface area contributed by atoms with Crippen LogP contribution in [0.15, 0.2) is 42.5 Å². The Morgan fingerprint density at radius 1 is 1.00 bits per heavy atom. The number of hydrogen-bond donors (Lipinski definition) is 1. The summed E-state index contributed by atoms with van der Waals surface area (Å²) in [5.41, 5.74) is 4.27. The van der Waals surface area contributed by atoms with Gasteiger partial charge >= 0.3 is 0 Å². The van der Waals surface area contributed by atoms with Crippen LogP contribution in [0.2, 0.25) is 0 Å². The first-order valence-electron chi connectivity index (χ1n) is 9.08. The molecule has 2 rings (SSSR count). The molecular formula is C22H28N2O3. The van der Waals surface area contributed by atoms with E-state index in [0.717, 1.165) is 22.3 Å². The molecule has 0 radical (unpaired) electrons. The number of nitrogens with one attached hydrogen (secondary N) is 1. The zero-order valence-corrected chi connectivity index (χ0v) is 16.7. The van der Waals surface area contributed by atoms with Gasteiger partial charge in [0, 0.05) is 13.6 Å². The normalized spacial score (nSPS) is 11.6. The smallest absolute Gasteiger partial charge is 0.261 e. The number of nitrogens with zero attached hydrogens (tertiary/aromatic N) is 1. The number of ether oxygens (including phenoxy) is 1. The molecule has 0 spiro atoms. The summed E-state index contributed by atoms with van der Waals surface area (Å²) in [5, 5.41) is 2.61. The fraction of sp³-hybridized carbons (Fsp3) is 0.364. The van der Waals surface area contributed by atoms with E-state index < -0.39 is 6.04 Å². The maximum atomic E-state index is 12.8. The van der Waals surface area contributed by atoms with E-state index in [0.29, 0.717) is 12.3 Å². The van der Waals surface area contributed by atoms with Gasteiger partial charge in [-0.3, -0.25) is 9.59 Å². The topological polar surface area (TPSA) is 58.6 Å². The van der Waals surface area contributed by atoms with Gasteiger partial charge in [-0.15, -0.1) is 0 Å². The summed E-state index contributed by atoms with van der Waals surface area (Å²) >= 11 is 0. The lowest BCUT2D eigenvalue weighted by Gasteiger charge is -2.28. The quantitative estimate of drug-likeness (QED) is 0.817. The van der Waals surface area contributed by atoms with Crippen LogP contribution in [0, 0.1) is 20.8 Å². The molecule has 144 valence electrons. The number of carbonyl (C=O) groups is 2. The summed E-state index contributed by atoms with van der Waals surface area (Å²) < 4.78 is 5.71. The summed E-state index contributed by atoms with van der Waals surface area (Å²) in [6, 6.07) is 13.2. The van der Waals surface area contributed by atoms with Gasteiger partial charge in [-0.1, -0.05) is 35.9 Å². The molecule has 0 saturated carbocycles. The van der Waals surface area contributed by atoms with Crippen molar-refractivity contribution < 1.29 is 14.3 Å². The minimum atomic E-state index is -0.591. The van der Waals surface area contributed by atoms with Crippen molar-refractivity contribution in [3.63, 3.8) is 0 Å². The first-order valence-corrected chi connectivity index (χ1v) is 9.08. The number of hydrogen-bond acceptors (Lipinski definition) is 3. The number of aryl methyl sites for hydroxylation is 3. The molecule has 0 aliphatic heterocycles. The standard InChI is InChI=1S/C22H28N2O3/c1-15-6-8-19(9-7-15)13-24(18(4)22(26)23-5)21(25)14-27-20-11-16(2)10-17(3)12-20/h6-12,18H,13-14H2,1-5H3,(H,23,26). The van der Waals surface area contributed by atoms with E-state index >= 15 is 0 Å². The molecule has 0 aliphatic carbocycles. The van der Waals surface area contributed by atoms with Gasteiger partial charge in [-0.2, -0.15) is 0 Å². The highest BCUT2D eigenvalue weighted by Gasteiger charge is 2.25. The Bertz CT molecular complexity index is 779. The number of rotatable bonds is 7. The highest BCUT2D eigenvalue weighted by molar-refractivity contribution is 5.87. The lowest BCUT2D eigenvalue weighted by Crippen LogP contribution is -2.48. The van der Waals surface area contributed by atoms with Gasteiger partial charge in [-0.25, -0.2) is 0 Å². The van der Waals surface area contributed by atoms with Gasteiger partial charge in [0.05, 0.1) is 0 Å². The molecule has 0 aliphatic rings. The predicted octanol–water partition coefficient (Wildman–Crippen LogP) is 3.15. The van der Waals surface area contributed by atoms with Crippen LogP contribution in [-0.4, -0.2) is 36.4 Å². The van der Waals surface area contributed by atoms with E-state index in [2.05, 4.69) is 5.32 Å². The van der Waals surface area contributed by atoms with Gasteiger partial charge in [0.1, 0.15) is 11.8 Å². The number of likely N-dealkylation sites (N-methyl/N-ethyl adjacent to an activating group) is 1. The summed E-state index contributed by atoms with van der Waals surface area (Å²) in [7, 11) is 1.57. The first-order chi connectivity index (χ1) is 12.8. The maximum Gasteiger partial charge on any atom is 0.261 e. The Labute approximate surface area is 161 Å². The molecule has 0 fully saturated rings. The Kier molecular flexibility index (Phi) is 6.99. The van der Waals surface area contributed by atoms with Gasteiger partial charge in [0.25, 0.3) is 5.91 Å². The fourth-order valence-corrected chi connectivity index (χ4v) is 2.93. The average molecular weight is 368 g/mol. The lowest BCUT2D eigenvalue weighted by atomic mass is 10.1. The highest BCUT2D eigenvalue weighted by Crippen LogP contribution is 2.17. The Morgan fingerprint density at radius 3 is 2.15 bits per heavy atom. The SMILES string of the molecule is CNC(=O)C(C)N(Cc1ccc(C)cc1)C(=O)COc1cc(C)cc(C)c1. The summed E-state index contributed by atoms with van der Waals surface area (Å²) in [5.74, 6) is 0.219. The van der Waals surface area contributed by atoms with Crippen LogP contribution >= 0.6 is 0 Å². The van der Waals surface area contributed by atoms with Crippen LogP contribution < -0.4 is 10.1 Å². The summed E-state index contributed by atoms with van der Waals surface area (Å²) in [6.07, 6.45) is 0. The third-order valence-corrected chi connectivity index (χ3v) is 4.44. The Hall–Kier alpha value is -2.82. The molecule has 2 aromatic rings. The van der Waals surface area contributed by atoms with Gasteiger partial charge in [0.15, 0.2) is 6.61 Å². The second-order valence-corrected chi connectivity index (χ2v) is 6.91. The number of amides is 2. The minimum absolute atomic E-state index is 0.115. The van der Waals surface area contributed by atoms with Crippen molar-refractivity contribution in [2.75, 3.05) is 13.7 Å². The highest BCUT2D eigenvalue weighted by atomic mass is 16.5. The van der Waals surface area contributed by atoms with E-state index in [-0.39, 0.29) is 18.4 Å². The van der Waals surface area contributed by atoms with E-state index in [9.17, 15) is 9.59 Å². The molecule has 0 aromatic heterocycles. The molecule has 0 heterocycles. The molecule has 1 atom stereocenters. The molecule has 0 saturated heterocycles. The van der Waals surface area contributed by atoms with Crippen molar-refractivity contribution >= 4 is 11.8 Å². The van der Waals surface area contributed by atoms with Crippen LogP contribution in [-0.2, 0) is 16.1 Å². The Morgan fingerprint density at radius 2 is 1.59 bits per heavy atom. The van der Waals surface area contributed by atoms with Crippen molar-refractivity contribution in [3.05, 3.63) is 64.7 Å². The van der Waals surface area contributed by atoms with Crippen molar-refractivity contribution in [2.24, 2.45) is 0 Å². The molecule has 1 N–H and O–H groups in total. The second-order valence-electron chi connectivity index (χ2n) is 6.91. The third-order valence-electron chi connectivity index (χ3n) is 4.44. The monoisotopic (exact) mass is 368 g/mol. The van der Waals surface area contributed by atoms with Crippen molar-refractivity contribution in [1.82, 2.24) is 10.2 Å². The summed E-state index contributed by atoms with van der Waals surface area (Å²) in [6.45, 7) is 7.94. The molecule has 5 nitrogen and oxygen atoms in total. The molecule has 0 bridgehead atoms. The van der Waals surface area contributed by atoms with E-state index in [1.165, 1.54) is 0 Å². The van der Waals surface area contributed by atoms with Crippen molar-refractivity contribution in [2.45, 2.75) is 40.3 Å². The van der Waals surface area contributed by atoms with E-state index in [1.807, 2.05) is 63.2 Å². The molecule has 5 heteroatoms. The maximum absolute atomic E-state index is 12.8. The van der Waals surface area contributed by atoms with Crippen molar-refractivity contribution in [1.29, 1.82) is 0 Å². The van der Waals surface area contributed by atoms with Crippen LogP contribution in [0.5, 0.6) is 5.75 Å². The first kappa shape index (κ1) is 20.5. The summed E-state index contributed by atoms with van der Waals surface area (Å²) in [4.78, 5) is 26.5. The average Bonchev–Trinajstić information content (AvgIpc) is 2.63. The molecule has 2 amide bonds. The van der Waals surface area contributed by atoms with Gasteiger partial charge in [-0.05, 0) is 56.5 Å². The second kappa shape index (κ2) is 9.21. The van der Waals surface area contributed by atoms with E-state index in [1.54, 1.807) is 18.9 Å². The number of carbonyl (C=O) groups excluding carboxylic acids is 2. The minimum Gasteiger partial charge on any atom is -0.484 e.